The molecule has 48 heavy (non-hydrogen) atoms. The molecule has 0 fully saturated rings. The molecule has 0 N–H and O–H groups in total. The molecule has 0 bridgehead atoms. The number of ether oxygens (including phenoxy) is 2. The van der Waals surface area contributed by atoms with Crippen molar-refractivity contribution >= 4 is 17.7 Å². The van der Waals surface area contributed by atoms with Crippen LogP contribution in [0.5, 0.6) is 0 Å². The molecule has 0 heterocycles. The lowest BCUT2D eigenvalue weighted by molar-refractivity contribution is -0.148. The van der Waals surface area contributed by atoms with E-state index in [1.54, 1.807) is 0 Å². The number of Topliss-reactive ketones (excluding diaryl/α,β-unsaturated/α-hetero) is 1. The van der Waals surface area contributed by atoms with Crippen molar-refractivity contribution in [2.75, 3.05) is 13.2 Å². The van der Waals surface area contributed by atoms with E-state index < -0.39 is 0 Å². The Morgan fingerprint density at radius 2 is 1.00 bits per heavy atom. The van der Waals surface area contributed by atoms with Gasteiger partial charge < -0.3 is 9.47 Å². The Bertz CT molecular complexity index is 827. The van der Waals surface area contributed by atoms with Crippen molar-refractivity contribution in [3.63, 3.8) is 0 Å². The molecule has 1 atom stereocenters. The van der Waals surface area contributed by atoms with Gasteiger partial charge in [0.1, 0.15) is 12.4 Å². The summed E-state index contributed by atoms with van der Waals surface area (Å²) in [7, 11) is 0. The van der Waals surface area contributed by atoms with Gasteiger partial charge >= 0.3 is 11.9 Å². The van der Waals surface area contributed by atoms with Gasteiger partial charge in [-0.1, -0.05) is 151 Å². The molecule has 282 valence electrons. The maximum atomic E-state index is 12.7. The highest BCUT2D eigenvalue weighted by Gasteiger charge is 2.24. The fourth-order valence-electron chi connectivity index (χ4n) is 6.47. The summed E-state index contributed by atoms with van der Waals surface area (Å²) in [4.78, 5) is 37.6. The van der Waals surface area contributed by atoms with Gasteiger partial charge in [-0.3, -0.25) is 14.4 Å². The first-order valence-electron chi connectivity index (χ1n) is 20.4. The topological polar surface area (TPSA) is 69.7 Å². The van der Waals surface area contributed by atoms with Crippen LogP contribution in [0, 0.1) is 16.7 Å². The maximum absolute atomic E-state index is 12.7. The van der Waals surface area contributed by atoms with Crippen molar-refractivity contribution in [3.8, 4) is 0 Å². The number of carbonyl (C=O) groups is 3. The molecule has 0 aliphatic heterocycles. The van der Waals surface area contributed by atoms with E-state index in [2.05, 4.69) is 54.5 Å². The summed E-state index contributed by atoms with van der Waals surface area (Å²) in [5.41, 5.74) is -0.241. The molecule has 0 aromatic rings. The van der Waals surface area contributed by atoms with Crippen LogP contribution in [0.4, 0.5) is 0 Å². The second kappa shape index (κ2) is 30.2. The van der Waals surface area contributed by atoms with Gasteiger partial charge in [-0.25, -0.2) is 0 Å². The van der Waals surface area contributed by atoms with Gasteiger partial charge in [-0.2, -0.15) is 0 Å². The average Bonchev–Trinajstić information content (AvgIpc) is 3.02. The first-order valence-corrected chi connectivity index (χ1v) is 20.4. The summed E-state index contributed by atoms with van der Waals surface area (Å²) in [6.07, 6.45) is 31.5. The van der Waals surface area contributed by atoms with Crippen LogP contribution in [0.25, 0.3) is 0 Å². The molecule has 0 amide bonds. The van der Waals surface area contributed by atoms with Crippen molar-refractivity contribution in [2.45, 2.75) is 215 Å². The van der Waals surface area contributed by atoms with Gasteiger partial charge in [-0.15, -0.1) is 0 Å². The zero-order valence-electron chi connectivity index (χ0n) is 33.1. The molecule has 0 aliphatic carbocycles. The Kier molecular flexibility index (Phi) is 29.2. The van der Waals surface area contributed by atoms with Crippen LogP contribution in [-0.4, -0.2) is 30.9 Å². The molecule has 0 rings (SSSR count). The number of hydrogen-bond donors (Lipinski definition) is 0. The summed E-state index contributed by atoms with van der Waals surface area (Å²) in [6.45, 7) is 16.2. The van der Waals surface area contributed by atoms with Crippen LogP contribution in [0.15, 0.2) is 12.2 Å². The minimum atomic E-state index is -0.139. The molecule has 0 aliphatic rings. The zero-order chi connectivity index (χ0) is 35.9. The monoisotopic (exact) mass is 677 g/mol. The van der Waals surface area contributed by atoms with Crippen molar-refractivity contribution in [1.29, 1.82) is 0 Å². The number of esters is 2. The van der Waals surface area contributed by atoms with E-state index in [1.165, 1.54) is 89.9 Å². The second-order valence-corrected chi connectivity index (χ2v) is 16.2. The quantitative estimate of drug-likeness (QED) is 0.0385. The van der Waals surface area contributed by atoms with Crippen LogP contribution < -0.4 is 0 Å². The fourth-order valence-corrected chi connectivity index (χ4v) is 6.47. The number of unbranched alkanes of at least 4 members (excludes halogenated alkanes) is 13. The highest BCUT2D eigenvalue weighted by Crippen LogP contribution is 2.30. The van der Waals surface area contributed by atoms with Crippen molar-refractivity contribution in [1.82, 2.24) is 0 Å². The molecule has 0 radical (unpaired) electrons. The van der Waals surface area contributed by atoms with E-state index in [4.69, 9.17) is 9.47 Å². The average molecular weight is 677 g/mol. The molecule has 1 unspecified atom stereocenters. The third-order valence-electron chi connectivity index (χ3n) is 9.76. The van der Waals surface area contributed by atoms with Crippen LogP contribution in [0.1, 0.15) is 215 Å². The molecule has 0 spiro atoms. The Balaban J connectivity index is 4.13. The molecular weight excluding hydrogens is 596 g/mol. The van der Waals surface area contributed by atoms with Gasteiger partial charge in [0.15, 0.2) is 0 Å². The summed E-state index contributed by atoms with van der Waals surface area (Å²) in [6, 6.07) is 0. The molecule has 0 saturated heterocycles. The Hall–Kier alpha value is -1.65. The van der Waals surface area contributed by atoms with Crippen LogP contribution in [0.3, 0.4) is 0 Å². The maximum Gasteiger partial charge on any atom is 0.306 e. The number of carbonyl (C=O) groups excluding carboxylic acids is 3. The Morgan fingerprint density at radius 1 is 0.542 bits per heavy atom. The van der Waals surface area contributed by atoms with E-state index >= 15 is 0 Å². The summed E-state index contributed by atoms with van der Waals surface area (Å²) < 4.78 is 11.2. The third kappa shape index (κ3) is 30.4. The largest absolute Gasteiger partial charge is 0.465 e. The van der Waals surface area contributed by atoms with E-state index in [0.29, 0.717) is 50.6 Å². The molecule has 0 saturated carbocycles. The van der Waals surface area contributed by atoms with E-state index in [0.717, 1.165) is 51.4 Å². The molecular formula is C43H80O5. The third-order valence-corrected chi connectivity index (χ3v) is 9.76. The lowest BCUT2D eigenvalue weighted by Crippen LogP contribution is -2.21. The lowest BCUT2D eigenvalue weighted by Gasteiger charge is -2.24. The Labute approximate surface area is 298 Å². The first-order chi connectivity index (χ1) is 22.9. The van der Waals surface area contributed by atoms with Crippen molar-refractivity contribution in [2.24, 2.45) is 16.7 Å². The lowest BCUT2D eigenvalue weighted by atomic mass is 9.83. The summed E-state index contributed by atoms with van der Waals surface area (Å²) in [5, 5.41) is 0. The van der Waals surface area contributed by atoms with Crippen LogP contribution >= 0.6 is 0 Å². The Morgan fingerprint density at radius 3 is 1.54 bits per heavy atom. The van der Waals surface area contributed by atoms with E-state index in [9.17, 15) is 14.4 Å². The van der Waals surface area contributed by atoms with Gasteiger partial charge in [0.05, 0.1) is 19.4 Å². The normalized spacial score (nSPS) is 12.8. The number of rotatable bonds is 34. The van der Waals surface area contributed by atoms with Gasteiger partial charge in [0, 0.05) is 12.8 Å². The van der Waals surface area contributed by atoms with Crippen molar-refractivity contribution < 1.29 is 23.9 Å². The standard InChI is InChI=1S/C43H80O5/c1-8-11-14-16-17-18-20-27-34-47-40(45)35-42(4,5)32-25-23-30-39(44)31-24-26-33-43(6,7)36-41(46)48-37-38(28-21-13-10-3)29-22-19-15-12-9-2/h20,27,38H,8-19,21-26,28-37H2,1-7H3/b27-20-. The smallest absolute Gasteiger partial charge is 0.306 e. The predicted octanol–water partition coefficient (Wildman–Crippen LogP) is 13.1. The van der Waals surface area contributed by atoms with Gasteiger partial charge in [0.25, 0.3) is 0 Å². The number of hydrogen-bond acceptors (Lipinski definition) is 5. The first kappa shape index (κ1) is 46.4. The summed E-state index contributed by atoms with van der Waals surface area (Å²) >= 11 is 0. The van der Waals surface area contributed by atoms with Crippen molar-refractivity contribution in [3.05, 3.63) is 12.2 Å². The van der Waals surface area contributed by atoms with Crippen LogP contribution in [-0.2, 0) is 23.9 Å². The van der Waals surface area contributed by atoms with E-state index in [-0.39, 0.29) is 22.8 Å². The van der Waals surface area contributed by atoms with Gasteiger partial charge in [0.2, 0.25) is 0 Å². The predicted molar refractivity (Wildman–Crippen MR) is 204 cm³/mol. The number of allylic oxidation sites excluding steroid dienone is 1. The minimum absolute atomic E-state index is 0.0703. The fraction of sp³-hybridized carbons (Fsp3) is 0.884. The highest BCUT2D eigenvalue weighted by molar-refractivity contribution is 5.78. The van der Waals surface area contributed by atoms with Crippen LogP contribution in [0.2, 0.25) is 0 Å². The molecule has 0 aromatic carbocycles. The molecule has 0 aromatic heterocycles. The molecule has 5 nitrogen and oxygen atoms in total. The van der Waals surface area contributed by atoms with E-state index in [1.807, 2.05) is 6.08 Å². The summed E-state index contributed by atoms with van der Waals surface area (Å²) in [5.74, 6) is 0.606. The minimum Gasteiger partial charge on any atom is -0.465 e. The highest BCUT2D eigenvalue weighted by atomic mass is 16.5. The second-order valence-electron chi connectivity index (χ2n) is 16.2. The zero-order valence-corrected chi connectivity index (χ0v) is 33.1. The van der Waals surface area contributed by atoms with Gasteiger partial charge in [-0.05, 0) is 68.1 Å². The number of ketones is 1. The molecule has 5 heteroatoms. The SMILES string of the molecule is CCCCCCC/C=C\COC(=O)CC(C)(C)CCCCC(=O)CCCCC(C)(C)CC(=O)OCC(CCCCC)CCCCCCC.